The second-order valence-electron chi connectivity index (χ2n) is 6.78. The lowest BCUT2D eigenvalue weighted by Gasteiger charge is -2.15. The average Bonchev–Trinajstić information content (AvgIpc) is 2.69. The van der Waals surface area contributed by atoms with Crippen molar-refractivity contribution < 1.29 is 24.5 Å². The van der Waals surface area contributed by atoms with E-state index in [1.165, 1.54) is 6.92 Å². The first-order valence-corrected chi connectivity index (χ1v) is 10.0. The highest BCUT2D eigenvalue weighted by molar-refractivity contribution is 7.80. The third-order valence-corrected chi connectivity index (χ3v) is 4.17. The number of hydrogen-bond donors (Lipinski definition) is 5. The molecular weight excluding hydrogens is 392 g/mol. The van der Waals surface area contributed by atoms with Crippen LogP contribution in [0.3, 0.4) is 0 Å². The largest absolute Gasteiger partial charge is 0.490 e. The third-order valence-electron chi connectivity index (χ3n) is 3.80. The number of hydrogen-bond acceptors (Lipinski definition) is 6. The Labute approximate surface area is 176 Å². The molecule has 0 spiro atoms. The molecular formula is C21H30N2O5S. The number of thiol groups is 1. The van der Waals surface area contributed by atoms with Crippen LogP contribution in [0.4, 0.5) is 0 Å². The molecule has 2 atom stereocenters. The van der Waals surface area contributed by atoms with Crippen LogP contribution in [0.25, 0.3) is 10.8 Å². The Morgan fingerprint density at radius 2 is 1.79 bits per heavy atom. The van der Waals surface area contributed by atoms with E-state index in [0.29, 0.717) is 19.2 Å². The number of aliphatic hydroxyl groups excluding tert-OH is 1. The smallest absolute Gasteiger partial charge is 0.327 e. The highest BCUT2D eigenvalue weighted by atomic mass is 32.1. The zero-order valence-corrected chi connectivity index (χ0v) is 17.9. The van der Waals surface area contributed by atoms with Gasteiger partial charge in [0.05, 0.1) is 0 Å². The number of nitrogens with one attached hydrogen (secondary N) is 2. The van der Waals surface area contributed by atoms with Crippen molar-refractivity contribution in [1.82, 2.24) is 10.6 Å². The number of benzene rings is 2. The molecule has 0 bridgehead atoms. The highest BCUT2D eigenvalue weighted by Crippen LogP contribution is 2.25. The quantitative estimate of drug-likeness (QED) is 0.396. The normalized spacial score (nSPS) is 12.6. The zero-order chi connectivity index (χ0) is 21.8. The molecule has 29 heavy (non-hydrogen) atoms. The van der Waals surface area contributed by atoms with Gasteiger partial charge >= 0.3 is 5.97 Å². The van der Waals surface area contributed by atoms with Crippen LogP contribution in [0.5, 0.6) is 5.75 Å². The number of carboxylic acids is 1. The van der Waals surface area contributed by atoms with E-state index < -0.39 is 18.1 Å². The van der Waals surface area contributed by atoms with Gasteiger partial charge in [-0.2, -0.15) is 12.6 Å². The minimum Gasteiger partial charge on any atom is -0.490 e. The predicted molar refractivity (Wildman–Crippen MR) is 118 cm³/mol. The van der Waals surface area contributed by atoms with Crippen molar-refractivity contribution in [3.63, 3.8) is 0 Å². The van der Waals surface area contributed by atoms with Crippen molar-refractivity contribution in [3.05, 3.63) is 42.5 Å². The topological polar surface area (TPSA) is 108 Å². The van der Waals surface area contributed by atoms with Crippen LogP contribution in [-0.4, -0.2) is 59.2 Å². The van der Waals surface area contributed by atoms with Crippen LogP contribution < -0.4 is 15.4 Å². The van der Waals surface area contributed by atoms with Gasteiger partial charge in [0.1, 0.15) is 24.5 Å². The number of carbonyl (C=O) groups is 2. The van der Waals surface area contributed by atoms with Crippen molar-refractivity contribution in [3.8, 4) is 5.75 Å². The molecule has 0 aromatic heterocycles. The lowest BCUT2D eigenvalue weighted by Crippen LogP contribution is -2.40. The number of fused-ring (bicyclic) bond motifs is 1. The highest BCUT2D eigenvalue weighted by Gasteiger charge is 2.15. The molecule has 2 unspecified atom stereocenters. The minimum absolute atomic E-state index is 0.106. The van der Waals surface area contributed by atoms with Crippen molar-refractivity contribution in [2.24, 2.45) is 0 Å². The fourth-order valence-electron chi connectivity index (χ4n) is 2.37. The van der Waals surface area contributed by atoms with Gasteiger partial charge in [-0.25, -0.2) is 4.79 Å². The molecule has 0 saturated carbocycles. The molecule has 4 N–H and O–H groups in total. The van der Waals surface area contributed by atoms with Crippen molar-refractivity contribution in [2.75, 3.05) is 18.9 Å². The molecule has 2 rings (SSSR count). The van der Waals surface area contributed by atoms with E-state index in [2.05, 4.69) is 49.2 Å². The number of aliphatic carboxylic acids is 1. The summed E-state index contributed by atoms with van der Waals surface area (Å²) in [4.78, 5) is 20.5. The zero-order valence-electron chi connectivity index (χ0n) is 17.0. The Morgan fingerprint density at radius 1 is 1.14 bits per heavy atom. The van der Waals surface area contributed by atoms with E-state index in [0.717, 1.165) is 16.5 Å². The van der Waals surface area contributed by atoms with E-state index in [1.807, 2.05) is 30.3 Å². The maximum Gasteiger partial charge on any atom is 0.327 e. The number of carbonyl (C=O) groups excluding carboxylic acids is 1. The van der Waals surface area contributed by atoms with Crippen LogP contribution in [0, 0.1) is 0 Å². The number of rotatable bonds is 9. The summed E-state index contributed by atoms with van der Waals surface area (Å²) in [5, 5.41) is 25.8. The number of carboxylic acid groups (broad SMARTS) is 1. The first kappa shape index (κ1) is 24.7. The van der Waals surface area contributed by atoms with Gasteiger partial charge in [-0.1, -0.05) is 50.2 Å². The Hall–Kier alpha value is -2.29. The molecule has 0 saturated heterocycles. The maximum absolute atomic E-state index is 10.3. The van der Waals surface area contributed by atoms with Gasteiger partial charge in [-0.3, -0.25) is 4.79 Å². The summed E-state index contributed by atoms with van der Waals surface area (Å²) in [7, 11) is 0. The summed E-state index contributed by atoms with van der Waals surface area (Å²) in [6, 6.07) is 13.5. The SMILES string of the molecule is CC(=O)NC(CS)C(=O)O.CC(C)NCC(O)COc1cccc2ccccc12. The minimum atomic E-state index is -1.06. The average molecular weight is 423 g/mol. The number of aliphatic hydroxyl groups is 1. The summed E-state index contributed by atoms with van der Waals surface area (Å²) < 4.78 is 5.72. The molecule has 0 aliphatic rings. The van der Waals surface area contributed by atoms with E-state index in [4.69, 9.17) is 9.84 Å². The fraction of sp³-hybridized carbons (Fsp3) is 0.429. The molecule has 0 fully saturated rings. The predicted octanol–water partition coefficient (Wildman–Crippen LogP) is 2.08. The Morgan fingerprint density at radius 3 is 2.34 bits per heavy atom. The summed E-state index contributed by atoms with van der Waals surface area (Å²) in [5.41, 5.74) is 0. The Kier molecular flexibility index (Phi) is 11.1. The summed E-state index contributed by atoms with van der Waals surface area (Å²) in [6.07, 6.45) is -0.499. The molecule has 0 aliphatic carbocycles. The van der Waals surface area contributed by atoms with Crippen molar-refractivity contribution in [2.45, 2.75) is 39.0 Å². The molecule has 0 heterocycles. The van der Waals surface area contributed by atoms with Gasteiger partial charge < -0.3 is 25.6 Å². The van der Waals surface area contributed by atoms with E-state index in [9.17, 15) is 14.7 Å². The molecule has 160 valence electrons. The second kappa shape index (κ2) is 13.0. The molecule has 8 heteroatoms. The van der Waals surface area contributed by atoms with Crippen LogP contribution in [0.15, 0.2) is 42.5 Å². The maximum atomic E-state index is 10.3. The van der Waals surface area contributed by atoms with E-state index in [1.54, 1.807) is 0 Å². The van der Waals surface area contributed by atoms with Gasteiger partial charge in [0.2, 0.25) is 5.91 Å². The van der Waals surface area contributed by atoms with E-state index >= 15 is 0 Å². The monoisotopic (exact) mass is 422 g/mol. The first-order valence-electron chi connectivity index (χ1n) is 9.37. The van der Waals surface area contributed by atoms with Gasteiger partial charge in [0, 0.05) is 30.6 Å². The third kappa shape index (κ3) is 9.65. The molecule has 7 nitrogen and oxygen atoms in total. The molecule has 2 aromatic rings. The summed E-state index contributed by atoms with van der Waals surface area (Å²) >= 11 is 3.73. The molecule has 0 radical (unpaired) electrons. The summed E-state index contributed by atoms with van der Waals surface area (Å²) in [5.74, 6) is -0.497. The molecule has 1 amide bonds. The van der Waals surface area contributed by atoms with Crippen molar-refractivity contribution >= 4 is 35.3 Å². The van der Waals surface area contributed by atoms with Gasteiger partial charge in [-0.15, -0.1) is 0 Å². The van der Waals surface area contributed by atoms with Crippen molar-refractivity contribution in [1.29, 1.82) is 0 Å². The standard InChI is InChI=1S/C16H21NO2.C5H9NO3S/c1-12(2)17-10-14(18)11-19-16-9-5-7-13-6-3-4-8-15(13)16;1-3(7)6-4(2-10)5(8)9/h3-9,12,14,17-18H,10-11H2,1-2H3;4,10H,2H2,1H3,(H,6,7)(H,8,9). The van der Waals surface area contributed by atoms with Gasteiger partial charge in [0.25, 0.3) is 0 Å². The number of ether oxygens (including phenoxy) is 1. The van der Waals surface area contributed by atoms with E-state index in [-0.39, 0.29) is 11.7 Å². The van der Waals surface area contributed by atoms with Crippen LogP contribution in [0.1, 0.15) is 20.8 Å². The van der Waals surface area contributed by atoms with Gasteiger partial charge in [0.15, 0.2) is 0 Å². The Balaban J connectivity index is 0.000000359. The lowest BCUT2D eigenvalue weighted by atomic mass is 10.1. The fourth-order valence-corrected chi connectivity index (χ4v) is 2.62. The Bertz CT molecular complexity index is 779. The van der Waals surface area contributed by atoms with Crippen LogP contribution in [-0.2, 0) is 9.59 Å². The van der Waals surface area contributed by atoms with Crippen LogP contribution >= 0.6 is 12.6 Å². The second-order valence-corrected chi connectivity index (χ2v) is 7.14. The molecule has 2 aromatic carbocycles. The number of amides is 1. The summed E-state index contributed by atoms with van der Waals surface area (Å²) in [6.45, 7) is 6.21. The first-order chi connectivity index (χ1) is 13.7. The van der Waals surface area contributed by atoms with Crippen LogP contribution in [0.2, 0.25) is 0 Å². The van der Waals surface area contributed by atoms with Gasteiger partial charge in [-0.05, 0) is 11.5 Å². The lowest BCUT2D eigenvalue weighted by molar-refractivity contribution is -0.140. The molecule has 0 aliphatic heterocycles.